The van der Waals surface area contributed by atoms with Crippen molar-refractivity contribution in [3.63, 3.8) is 0 Å². The maximum Gasteiger partial charge on any atom is 0.337 e. The van der Waals surface area contributed by atoms with Crippen LogP contribution in [0, 0.1) is 11.8 Å². The summed E-state index contributed by atoms with van der Waals surface area (Å²) in [6.07, 6.45) is 0. The molecule has 0 amide bonds. The molecule has 1 aliphatic heterocycles. The molecular formula is C17H19NO2. The molecule has 0 bridgehead atoms. The van der Waals surface area contributed by atoms with Crippen LogP contribution in [0.15, 0.2) is 36.4 Å². The average Bonchev–Trinajstić information content (AvgIpc) is 2.35. The first kappa shape index (κ1) is 13.0. The maximum atomic E-state index is 11.5. The van der Waals surface area contributed by atoms with Crippen molar-refractivity contribution in [2.75, 3.05) is 18.0 Å². The molecule has 0 spiro atoms. The highest BCUT2D eigenvalue weighted by Crippen LogP contribution is 2.34. The zero-order valence-corrected chi connectivity index (χ0v) is 11.8. The van der Waals surface area contributed by atoms with Crippen molar-refractivity contribution in [3.8, 4) is 0 Å². The fourth-order valence-electron chi connectivity index (χ4n) is 2.79. The van der Waals surface area contributed by atoms with Gasteiger partial charge in [0.15, 0.2) is 0 Å². The van der Waals surface area contributed by atoms with Crippen LogP contribution in [0.1, 0.15) is 24.2 Å². The van der Waals surface area contributed by atoms with E-state index in [0.29, 0.717) is 17.4 Å². The van der Waals surface area contributed by atoms with Gasteiger partial charge in [0, 0.05) is 13.1 Å². The SMILES string of the molecule is CC(C)C1CN(c2cc3ccccc3cc2C(=O)O)C1. The van der Waals surface area contributed by atoms with Crippen molar-refractivity contribution in [2.24, 2.45) is 11.8 Å². The molecule has 1 aliphatic rings. The van der Waals surface area contributed by atoms with Crippen LogP contribution in [0.3, 0.4) is 0 Å². The van der Waals surface area contributed by atoms with Crippen LogP contribution >= 0.6 is 0 Å². The smallest absolute Gasteiger partial charge is 0.337 e. The van der Waals surface area contributed by atoms with Gasteiger partial charge in [-0.3, -0.25) is 0 Å². The standard InChI is InChI=1S/C17H19NO2/c1-11(2)14-9-18(10-14)16-8-13-6-4-3-5-12(13)7-15(16)17(19)20/h3-8,11,14H,9-10H2,1-2H3,(H,19,20). The monoisotopic (exact) mass is 269 g/mol. The summed E-state index contributed by atoms with van der Waals surface area (Å²) in [6.45, 7) is 6.35. The Balaban J connectivity index is 2.01. The largest absolute Gasteiger partial charge is 0.478 e. The fraction of sp³-hybridized carbons (Fsp3) is 0.353. The van der Waals surface area contributed by atoms with E-state index < -0.39 is 5.97 Å². The maximum absolute atomic E-state index is 11.5. The minimum Gasteiger partial charge on any atom is -0.478 e. The number of anilines is 1. The molecule has 0 atom stereocenters. The van der Waals surface area contributed by atoms with Gasteiger partial charge in [-0.2, -0.15) is 0 Å². The van der Waals surface area contributed by atoms with Crippen LogP contribution in [-0.4, -0.2) is 24.2 Å². The van der Waals surface area contributed by atoms with Gasteiger partial charge in [0.1, 0.15) is 0 Å². The van der Waals surface area contributed by atoms with Crippen molar-refractivity contribution in [1.29, 1.82) is 0 Å². The highest BCUT2D eigenvalue weighted by Gasteiger charge is 2.31. The summed E-state index contributed by atoms with van der Waals surface area (Å²) in [5.74, 6) is 0.474. The Morgan fingerprint density at radius 3 is 2.35 bits per heavy atom. The molecule has 3 heteroatoms. The number of nitrogens with zero attached hydrogens (tertiary/aromatic N) is 1. The second-order valence-corrected chi connectivity index (χ2v) is 5.93. The fourth-order valence-corrected chi connectivity index (χ4v) is 2.79. The first-order valence-electron chi connectivity index (χ1n) is 7.07. The molecule has 0 unspecified atom stereocenters. The number of rotatable bonds is 3. The molecule has 1 N–H and O–H groups in total. The van der Waals surface area contributed by atoms with Crippen LogP contribution < -0.4 is 4.90 Å². The lowest BCUT2D eigenvalue weighted by Gasteiger charge is -2.43. The minimum atomic E-state index is -0.848. The number of hydrogen-bond donors (Lipinski definition) is 1. The molecular weight excluding hydrogens is 250 g/mol. The molecule has 1 saturated heterocycles. The van der Waals surface area contributed by atoms with Crippen LogP contribution in [0.25, 0.3) is 10.8 Å². The van der Waals surface area contributed by atoms with Crippen molar-refractivity contribution in [1.82, 2.24) is 0 Å². The summed E-state index contributed by atoms with van der Waals surface area (Å²) in [5, 5.41) is 11.5. The number of hydrogen-bond acceptors (Lipinski definition) is 2. The number of carboxylic acid groups (broad SMARTS) is 1. The number of carbonyl (C=O) groups is 1. The van der Waals surface area contributed by atoms with Crippen molar-refractivity contribution < 1.29 is 9.90 Å². The van der Waals surface area contributed by atoms with E-state index in [4.69, 9.17) is 0 Å². The van der Waals surface area contributed by atoms with E-state index in [-0.39, 0.29) is 0 Å². The minimum absolute atomic E-state index is 0.408. The van der Waals surface area contributed by atoms with Crippen LogP contribution in [0.2, 0.25) is 0 Å². The van der Waals surface area contributed by atoms with Gasteiger partial charge >= 0.3 is 5.97 Å². The first-order valence-corrected chi connectivity index (χ1v) is 7.07. The van der Waals surface area contributed by atoms with Crippen molar-refractivity contribution >= 4 is 22.4 Å². The predicted molar refractivity (Wildman–Crippen MR) is 81.4 cm³/mol. The van der Waals surface area contributed by atoms with E-state index in [1.807, 2.05) is 30.3 Å². The summed E-state index contributed by atoms with van der Waals surface area (Å²) in [5.41, 5.74) is 1.26. The van der Waals surface area contributed by atoms with Gasteiger partial charge in [-0.15, -0.1) is 0 Å². The molecule has 3 rings (SSSR count). The lowest BCUT2D eigenvalue weighted by molar-refractivity contribution is 0.0697. The Kier molecular flexibility index (Phi) is 3.13. The highest BCUT2D eigenvalue weighted by molar-refractivity contribution is 6.01. The van der Waals surface area contributed by atoms with E-state index in [1.165, 1.54) is 0 Å². The third kappa shape index (κ3) is 2.13. The molecule has 3 nitrogen and oxygen atoms in total. The van der Waals surface area contributed by atoms with Crippen LogP contribution in [0.4, 0.5) is 5.69 Å². The molecule has 0 aliphatic carbocycles. The van der Waals surface area contributed by atoms with E-state index in [9.17, 15) is 9.90 Å². The molecule has 2 aromatic carbocycles. The molecule has 20 heavy (non-hydrogen) atoms. The average molecular weight is 269 g/mol. The Labute approximate surface area is 118 Å². The molecule has 0 aromatic heterocycles. The molecule has 0 radical (unpaired) electrons. The molecule has 1 heterocycles. The number of benzene rings is 2. The van der Waals surface area contributed by atoms with E-state index in [0.717, 1.165) is 29.5 Å². The summed E-state index contributed by atoms with van der Waals surface area (Å²) >= 11 is 0. The van der Waals surface area contributed by atoms with Crippen LogP contribution in [-0.2, 0) is 0 Å². The number of aromatic carboxylic acids is 1. The van der Waals surface area contributed by atoms with E-state index in [1.54, 1.807) is 6.07 Å². The van der Waals surface area contributed by atoms with Crippen molar-refractivity contribution in [2.45, 2.75) is 13.8 Å². The molecule has 1 fully saturated rings. The summed E-state index contributed by atoms with van der Waals surface area (Å²) in [4.78, 5) is 13.7. The van der Waals surface area contributed by atoms with Gasteiger partial charge in [-0.05, 0) is 34.7 Å². The Morgan fingerprint density at radius 2 is 1.80 bits per heavy atom. The van der Waals surface area contributed by atoms with E-state index >= 15 is 0 Å². The van der Waals surface area contributed by atoms with E-state index in [2.05, 4.69) is 18.7 Å². The number of carboxylic acids is 1. The summed E-state index contributed by atoms with van der Waals surface area (Å²) < 4.78 is 0. The third-order valence-corrected chi connectivity index (χ3v) is 4.29. The Bertz CT molecular complexity index is 657. The first-order chi connectivity index (χ1) is 9.56. The second kappa shape index (κ2) is 4.82. The zero-order valence-electron chi connectivity index (χ0n) is 11.8. The lowest BCUT2D eigenvalue weighted by Crippen LogP contribution is -2.49. The topological polar surface area (TPSA) is 40.5 Å². The van der Waals surface area contributed by atoms with Gasteiger partial charge in [-0.25, -0.2) is 4.79 Å². The van der Waals surface area contributed by atoms with Gasteiger partial charge in [-0.1, -0.05) is 38.1 Å². The molecule has 2 aromatic rings. The highest BCUT2D eigenvalue weighted by atomic mass is 16.4. The van der Waals surface area contributed by atoms with Gasteiger partial charge in [0.25, 0.3) is 0 Å². The molecule has 104 valence electrons. The Morgan fingerprint density at radius 1 is 1.20 bits per heavy atom. The zero-order chi connectivity index (χ0) is 14.3. The van der Waals surface area contributed by atoms with Gasteiger partial charge < -0.3 is 10.0 Å². The molecule has 0 saturated carbocycles. The Hall–Kier alpha value is -2.03. The van der Waals surface area contributed by atoms with Gasteiger partial charge in [0.05, 0.1) is 11.3 Å². The normalized spacial score (nSPS) is 15.7. The predicted octanol–water partition coefficient (Wildman–Crippen LogP) is 3.63. The van der Waals surface area contributed by atoms with Crippen LogP contribution in [0.5, 0.6) is 0 Å². The number of fused-ring (bicyclic) bond motifs is 1. The third-order valence-electron chi connectivity index (χ3n) is 4.29. The summed E-state index contributed by atoms with van der Waals surface area (Å²) in [6, 6.07) is 11.7. The summed E-state index contributed by atoms with van der Waals surface area (Å²) in [7, 11) is 0. The van der Waals surface area contributed by atoms with Crippen molar-refractivity contribution in [3.05, 3.63) is 42.0 Å². The quantitative estimate of drug-likeness (QED) is 0.925. The van der Waals surface area contributed by atoms with Gasteiger partial charge in [0.2, 0.25) is 0 Å². The lowest BCUT2D eigenvalue weighted by atomic mass is 9.87. The second-order valence-electron chi connectivity index (χ2n) is 5.93.